The van der Waals surface area contributed by atoms with E-state index in [4.69, 9.17) is 0 Å². The van der Waals surface area contributed by atoms with E-state index >= 15 is 0 Å². The summed E-state index contributed by atoms with van der Waals surface area (Å²) in [4.78, 5) is 22.0. The molecule has 0 aliphatic carbocycles. The van der Waals surface area contributed by atoms with E-state index in [1.54, 1.807) is 13.0 Å². The molecule has 22 heavy (non-hydrogen) atoms. The number of rotatable bonds is 5. The Hall–Kier alpha value is -2.77. The molecule has 0 fully saturated rings. The van der Waals surface area contributed by atoms with Crippen LogP contribution in [0.5, 0.6) is 0 Å². The maximum Gasteiger partial charge on any atom is 0.309 e. The van der Waals surface area contributed by atoms with Crippen molar-refractivity contribution in [3.05, 3.63) is 51.6 Å². The summed E-state index contributed by atoms with van der Waals surface area (Å²) in [6.07, 6.45) is 1.31. The Morgan fingerprint density at radius 3 is 2.82 bits per heavy atom. The number of nitrogens with zero attached hydrogens (tertiary/aromatic N) is 3. The molecule has 2 aromatic rings. The smallest absolute Gasteiger partial charge is 0.309 e. The molecule has 116 valence electrons. The van der Waals surface area contributed by atoms with Crippen LogP contribution in [0.4, 0.5) is 15.8 Å². The molecule has 8 heteroatoms. The second kappa shape index (κ2) is 6.33. The fourth-order valence-corrected chi connectivity index (χ4v) is 1.96. The molecule has 0 radical (unpaired) electrons. The highest BCUT2D eigenvalue weighted by Crippen LogP contribution is 2.17. The molecule has 0 atom stereocenters. The molecule has 0 saturated heterocycles. The Balaban J connectivity index is 1.97. The number of nitrogens with one attached hydrogen (secondary N) is 1. The third-order valence-electron chi connectivity index (χ3n) is 3.08. The molecule has 0 bridgehead atoms. The van der Waals surface area contributed by atoms with Crippen LogP contribution < -0.4 is 5.32 Å². The van der Waals surface area contributed by atoms with Gasteiger partial charge >= 0.3 is 5.69 Å². The van der Waals surface area contributed by atoms with Crippen molar-refractivity contribution in [3.8, 4) is 0 Å². The molecular weight excluding hydrogens is 291 g/mol. The summed E-state index contributed by atoms with van der Waals surface area (Å²) >= 11 is 0. The number of hydrogen-bond acceptors (Lipinski definition) is 4. The second-order valence-electron chi connectivity index (χ2n) is 4.90. The van der Waals surface area contributed by atoms with Crippen LogP contribution in [0.15, 0.2) is 24.4 Å². The molecule has 1 N–H and O–H groups in total. The van der Waals surface area contributed by atoms with Gasteiger partial charge in [-0.05, 0) is 31.5 Å². The lowest BCUT2D eigenvalue weighted by Crippen LogP contribution is -2.15. The SMILES string of the molecule is Cc1ccc(F)c(NC(=O)CCn2cc([N+](=O)[O-])c(C)n2)c1. The van der Waals surface area contributed by atoms with Crippen molar-refractivity contribution < 1.29 is 14.1 Å². The number of carbonyl (C=O) groups excluding carboxylic acids is 1. The maximum absolute atomic E-state index is 13.5. The summed E-state index contributed by atoms with van der Waals surface area (Å²) in [7, 11) is 0. The van der Waals surface area contributed by atoms with Crippen molar-refractivity contribution in [2.75, 3.05) is 5.32 Å². The molecule has 1 aromatic heterocycles. The van der Waals surface area contributed by atoms with Crippen LogP contribution in [0.1, 0.15) is 17.7 Å². The Labute approximate surface area is 125 Å². The van der Waals surface area contributed by atoms with E-state index in [0.29, 0.717) is 0 Å². The van der Waals surface area contributed by atoms with Crippen LogP contribution in [0.3, 0.4) is 0 Å². The summed E-state index contributed by atoms with van der Waals surface area (Å²) in [5, 5.41) is 17.2. The Bertz CT molecular complexity index is 727. The van der Waals surface area contributed by atoms with Crippen LogP contribution in [0.25, 0.3) is 0 Å². The van der Waals surface area contributed by atoms with Crippen molar-refractivity contribution >= 4 is 17.3 Å². The first-order valence-corrected chi connectivity index (χ1v) is 6.61. The molecule has 0 spiro atoms. The highest BCUT2D eigenvalue weighted by atomic mass is 19.1. The summed E-state index contributed by atoms with van der Waals surface area (Å²) in [6.45, 7) is 3.49. The Morgan fingerprint density at radius 1 is 1.45 bits per heavy atom. The number of aryl methyl sites for hydroxylation is 3. The number of hydrogen-bond donors (Lipinski definition) is 1. The molecule has 0 aliphatic rings. The van der Waals surface area contributed by atoms with Crippen molar-refractivity contribution in [2.24, 2.45) is 0 Å². The number of halogens is 1. The minimum atomic E-state index is -0.527. The molecule has 1 heterocycles. The predicted octanol–water partition coefficient (Wildman–Crippen LogP) is 2.58. The summed E-state index contributed by atoms with van der Waals surface area (Å²) in [5.41, 5.74) is 1.14. The average molecular weight is 306 g/mol. The topological polar surface area (TPSA) is 90.1 Å². The van der Waals surface area contributed by atoms with Crippen molar-refractivity contribution in [2.45, 2.75) is 26.8 Å². The lowest BCUT2D eigenvalue weighted by Gasteiger charge is -2.07. The van der Waals surface area contributed by atoms with Gasteiger partial charge in [-0.2, -0.15) is 5.10 Å². The van der Waals surface area contributed by atoms with E-state index in [9.17, 15) is 19.3 Å². The van der Waals surface area contributed by atoms with Gasteiger partial charge in [0.05, 0.1) is 10.6 Å². The van der Waals surface area contributed by atoms with E-state index in [2.05, 4.69) is 10.4 Å². The first kappa shape index (κ1) is 15.6. The number of anilines is 1. The molecule has 0 unspecified atom stereocenters. The van der Waals surface area contributed by atoms with E-state index in [0.717, 1.165) is 5.56 Å². The fourth-order valence-electron chi connectivity index (χ4n) is 1.96. The molecule has 0 saturated carbocycles. The van der Waals surface area contributed by atoms with Crippen molar-refractivity contribution in [1.82, 2.24) is 9.78 Å². The van der Waals surface area contributed by atoms with Crippen LogP contribution in [-0.4, -0.2) is 20.6 Å². The van der Waals surface area contributed by atoms with E-state index in [1.807, 2.05) is 0 Å². The first-order valence-electron chi connectivity index (χ1n) is 6.61. The van der Waals surface area contributed by atoms with Gasteiger partial charge in [0.2, 0.25) is 5.91 Å². The first-order chi connectivity index (χ1) is 10.4. The van der Waals surface area contributed by atoms with Gasteiger partial charge in [0.15, 0.2) is 0 Å². The molecule has 7 nitrogen and oxygen atoms in total. The van der Waals surface area contributed by atoms with Crippen LogP contribution >= 0.6 is 0 Å². The summed E-state index contributed by atoms with van der Waals surface area (Å²) in [5.74, 6) is -0.898. The molecule has 0 aliphatic heterocycles. The van der Waals surface area contributed by atoms with Gasteiger partial charge in [-0.15, -0.1) is 0 Å². The number of aromatic nitrogens is 2. The van der Waals surface area contributed by atoms with E-state index in [-0.39, 0.29) is 35.9 Å². The molecule has 1 aromatic carbocycles. The van der Waals surface area contributed by atoms with E-state index in [1.165, 1.54) is 29.9 Å². The lowest BCUT2D eigenvalue weighted by atomic mass is 10.2. The Kier molecular flexibility index (Phi) is 4.50. The van der Waals surface area contributed by atoms with Gasteiger partial charge in [-0.3, -0.25) is 19.6 Å². The lowest BCUT2D eigenvalue weighted by molar-refractivity contribution is -0.385. The summed E-state index contributed by atoms with van der Waals surface area (Å²) in [6, 6.07) is 4.43. The quantitative estimate of drug-likeness (QED) is 0.679. The molecule has 2 rings (SSSR count). The molecule has 1 amide bonds. The third kappa shape index (κ3) is 3.66. The number of carbonyl (C=O) groups is 1. The van der Waals surface area contributed by atoms with Crippen LogP contribution in [0, 0.1) is 29.8 Å². The zero-order chi connectivity index (χ0) is 16.3. The van der Waals surface area contributed by atoms with Gasteiger partial charge in [-0.1, -0.05) is 6.07 Å². The maximum atomic E-state index is 13.5. The number of benzene rings is 1. The summed E-state index contributed by atoms with van der Waals surface area (Å²) < 4.78 is 14.9. The zero-order valence-corrected chi connectivity index (χ0v) is 12.2. The normalized spacial score (nSPS) is 10.5. The van der Waals surface area contributed by atoms with Gasteiger partial charge in [0.25, 0.3) is 0 Å². The van der Waals surface area contributed by atoms with Crippen molar-refractivity contribution in [3.63, 3.8) is 0 Å². The Morgan fingerprint density at radius 2 is 2.18 bits per heavy atom. The van der Waals surface area contributed by atoms with Crippen molar-refractivity contribution in [1.29, 1.82) is 0 Å². The number of amides is 1. The second-order valence-corrected chi connectivity index (χ2v) is 4.90. The zero-order valence-electron chi connectivity index (χ0n) is 12.2. The van der Waals surface area contributed by atoms with Gasteiger partial charge in [0, 0.05) is 13.0 Å². The van der Waals surface area contributed by atoms with Crippen LogP contribution in [0.2, 0.25) is 0 Å². The average Bonchev–Trinajstić information content (AvgIpc) is 2.82. The standard InChI is InChI=1S/C14H15FN4O3/c1-9-3-4-11(15)12(7-9)16-14(20)5-6-18-8-13(19(21)22)10(2)17-18/h3-4,7-8H,5-6H2,1-2H3,(H,16,20). The largest absolute Gasteiger partial charge is 0.324 e. The van der Waals surface area contributed by atoms with Gasteiger partial charge in [-0.25, -0.2) is 4.39 Å². The minimum Gasteiger partial charge on any atom is -0.324 e. The molecular formula is C14H15FN4O3. The highest BCUT2D eigenvalue weighted by Gasteiger charge is 2.16. The predicted molar refractivity (Wildman–Crippen MR) is 78.0 cm³/mol. The third-order valence-corrected chi connectivity index (χ3v) is 3.08. The van der Waals surface area contributed by atoms with E-state index < -0.39 is 10.7 Å². The van der Waals surface area contributed by atoms with Crippen LogP contribution in [-0.2, 0) is 11.3 Å². The van der Waals surface area contributed by atoms with Gasteiger partial charge < -0.3 is 5.32 Å². The fraction of sp³-hybridized carbons (Fsp3) is 0.286. The monoisotopic (exact) mass is 306 g/mol. The number of nitro groups is 1. The minimum absolute atomic E-state index is 0.0334. The van der Waals surface area contributed by atoms with Gasteiger partial charge in [0.1, 0.15) is 17.7 Å². The highest BCUT2D eigenvalue weighted by molar-refractivity contribution is 5.90.